The molecule has 3 heterocycles. The highest BCUT2D eigenvalue weighted by Gasteiger charge is 2.34. The molecule has 32 heavy (non-hydrogen) atoms. The third-order valence-corrected chi connectivity index (χ3v) is 5.23. The molecule has 0 aromatic carbocycles. The number of aliphatic hydroxyl groups excluding tert-OH is 1. The van der Waals surface area contributed by atoms with E-state index in [2.05, 4.69) is 15.3 Å². The van der Waals surface area contributed by atoms with Gasteiger partial charge in [-0.3, -0.25) is 14.6 Å². The number of aryl methyl sites for hydroxylation is 1. The van der Waals surface area contributed by atoms with Crippen molar-refractivity contribution in [3.8, 4) is 5.88 Å². The first-order chi connectivity index (χ1) is 15.2. The van der Waals surface area contributed by atoms with Crippen LogP contribution >= 0.6 is 0 Å². The number of amides is 2. The van der Waals surface area contributed by atoms with E-state index in [1.807, 2.05) is 6.92 Å². The summed E-state index contributed by atoms with van der Waals surface area (Å²) in [5.41, 5.74) is 3.03. The van der Waals surface area contributed by atoms with Gasteiger partial charge in [-0.2, -0.15) is 0 Å². The molecule has 0 spiro atoms. The number of hydrogen-bond acceptors (Lipinski definition) is 6. The number of aromatic nitrogens is 2. The van der Waals surface area contributed by atoms with E-state index in [9.17, 15) is 23.5 Å². The van der Waals surface area contributed by atoms with Crippen molar-refractivity contribution < 1.29 is 28.2 Å². The monoisotopic (exact) mass is 448 g/mol. The standard InChI is InChI=1S/C22H26F2N4O4/c1-12-6-15(9-27-21(12)32-11-19(23)24)14(3)28-10-17-16(22(28)31)4-5-25-18(17)7-20(30)26-8-13(2)29/h4-6,9,13-14,19,29H,7-8,10-11H2,1-3H3,(H,26,30)/t13-,14?/m0/s1. The van der Waals surface area contributed by atoms with Gasteiger partial charge in [-0.15, -0.1) is 0 Å². The first kappa shape index (κ1) is 23.5. The van der Waals surface area contributed by atoms with Crippen molar-refractivity contribution in [1.82, 2.24) is 20.2 Å². The number of fused-ring (bicyclic) bond motifs is 1. The number of carbonyl (C=O) groups excluding carboxylic acids is 2. The van der Waals surface area contributed by atoms with Gasteiger partial charge in [0.1, 0.15) is 0 Å². The van der Waals surface area contributed by atoms with Crippen LogP contribution in [-0.4, -0.2) is 57.5 Å². The SMILES string of the molecule is Cc1cc(C(C)N2Cc3c(ccnc3CC(=O)NC[C@H](C)O)C2=O)cnc1OCC(F)F. The lowest BCUT2D eigenvalue weighted by Gasteiger charge is -2.25. The Morgan fingerprint density at radius 2 is 2.09 bits per heavy atom. The number of halogens is 2. The van der Waals surface area contributed by atoms with Crippen molar-refractivity contribution in [3.05, 3.63) is 52.5 Å². The van der Waals surface area contributed by atoms with Crippen molar-refractivity contribution in [2.75, 3.05) is 13.2 Å². The summed E-state index contributed by atoms with van der Waals surface area (Å²) in [4.78, 5) is 35.3. The lowest BCUT2D eigenvalue weighted by atomic mass is 10.1. The zero-order chi connectivity index (χ0) is 23.4. The van der Waals surface area contributed by atoms with Crippen molar-refractivity contribution in [2.45, 2.75) is 52.3 Å². The maximum atomic E-state index is 13.0. The van der Waals surface area contributed by atoms with Gasteiger partial charge in [-0.25, -0.2) is 13.8 Å². The van der Waals surface area contributed by atoms with Crippen LogP contribution in [0.5, 0.6) is 5.88 Å². The van der Waals surface area contributed by atoms with Gasteiger partial charge < -0.3 is 20.1 Å². The Morgan fingerprint density at radius 1 is 1.34 bits per heavy atom. The molecular weight excluding hydrogens is 422 g/mol. The van der Waals surface area contributed by atoms with Crippen LogP contribution in [0.3, 0.4) is 0 Å². The number of aliphatic hydroxyl groups is 1. The molecule has 0 bridgehead atoms. The lowest BCUT2D eigenvalue weighted by molar-refractivity contribution is -0.120. The van der Waals surface area contributed by atoms with Gasteiger partial charge in [-0.05, 0) is 38.5 Å². The smallest absolute Gasteiger partial charge is 0.272 e. The molecule has 1 aliphatic rings. The van der Waals surface area contributed by atoms with E-state index in [-0.39, 0.29) is 43.2 Å². The predicted octanol–water partition coefficient (Wildman–Crippen LogP) is 2.19. The Morgan fingerprint density at radius 3 is 2.75 bits per heavy atom. The van der Waals surface area contributed by atoms with E-state index in [0.29, 0.717) is 22.4 Å². The Labute approximate surface area is 184 Å². The molecule has 0 aliphatic carbocycles. The fourth-order valence-electron chi connectivity index (χ4n) is 3.54. The zero-order valence-corrected chi connectivity index (χ0v) is 18.1. The summed E-state index contributed by atoms with van der Waals surface area (Å²) in [6.07, 6.45) is -0.231. The average Bonchev–Trinajstić information content (AvgIpc) is 3.08. The van der Waals surface area contributed by atoms with Crippen LogP contribution in [0, 0.1) is 6.92 Å². The van der Waals surface area contributed by atoms with E-state index in [4.69, 9.17) is 4.74 Å². The van der Waals surface area contributed by atoms with Crippen LogP contribution in [0.1, 0.15) is 52.6 Å². The van der Waals surface area contributed by atoms with Gasteiger partial charge >= 0.3 is 0 Å². The maximum Gasteiger partial charge on any atom is 0.272 e. The highest BCUT2D eigenvalue weighted by Crippen LogP contribution is 2.33. The molecule has 2 aromatic rings. The molecular formula is C22H26F2N4O4. The number of hydrogen-bond donors (Lipinski definition) is 2. The molecule has 2 amide bonds. The summed E-state index contributed by atoms with van der Waals surface area (Å²) in [5.74, 6) is -0.340. The van der Waals surface area contributed by atoms with Gasteiger partial charge in [0.05, 0.1) is 24.3 Å². The second kappa shape index (κ2) is 9.99. The second-order valence-corrected chi connectivity index (χ2v) is 7.82. The molecule has 3 rings (SSSR count). The van der Waals surface area contributed by atoms with Crippen molar-refractivity contribution >= 4 is 11.8 Å². The van der Waals surface area contributed by atoms with E-state index in [0.717, 1.165) is 5.56 Å². The van der Waals surface area contributed by atoms with Crippen LogP contribution in [0.25, 0.3) is 0 Å². The fraction of sp³-hybridized carbons (Fsp3) is 0.455. The molecule has 0 fully saturated rings. The Kier molecular flexibility index (Phi) is 7.34. The fourth-order valence-corrected chi connectivity index (χ4v) is 3.54. The van der Waals surface area contributed by atoms with E-state index < -0.39 is 19.1 Å². The maximum absolute atomic E-state index is 13.0. The van der Waals surface area contributed by atoms with Crippen molar-refractivity contribution in [1.29, 1.82) is 0 Å². The molecule has 8 nitrogen and oxygen atoms in total. The summed E-state index contributed by atoms with van der Waals surface area (Å²) < 4.78 is 29.8. The molecule has 1 unspecified atom stereocenters. The van der Waals surface area contributed by atoms with Gasteiger partial charge in [0.25, 0.3) is 12.3 Å². The minimum absolute atomic E-state index is 0.00221. The van der Waals surface area contributed by atoms with E-state index in [1.54, 1.807) is 30.9 Å². The van der Waals surface area contributed by atoms with E-state index >= 15 is 0 Å². The predicted molar refractivity (Wildman–Crippen MR) is 111 cm³/mol. The first-order valence-electron chi connectivity index (χ1n) is 10.3. The number of nitrogens with zero attached hydrogens (tertiary/aromatic N) is 3. The van der Waals surface area contributed by atoms with Gasteiger partial charge in [-0.1, -0.05) is 0 Å². The molecule has 1 aliphatic heterocycles. The second-order valence-electron chi connectivity index (χ2n) is 7.82. The first-order valence-corrected chi connectivity index (χ1v) is 10.3. The van der Waals surface area contributed by atoms with Crippen LogP contribution in [-0.2, 0) is 17.8 Å². The summed E-state index contributed by atoms with van der Waals surface area (Å²) in [5, 5.41) is 12.0. The molecule has 2 atom stereocenters. The average molecular weight is 448 g/mol. The Hall–Kier alpha value is -3.14. The zero-order valence-electron chi connectivity index (χ0n) is 18.1. The van der Waals surface area contributed by atoms with Crippen molar-refractivity contribution in [3.63, 3.8) is 0 Å². The number of ether oxygens (including phenoxy) is 1. The topological polar surface area (TPSA) is 105 Å². The lowest BCUT2D eigenvalue weighted by Crippen LogP contribution is -2.32. The van der Waals surface area contributed by atoms with Gasteiger partial charge in [0.2, 0.25) is 11.8 Å². The highest BCUT2D eigenvalue weighted by molar-refractivity contribution is 5.99. The molecule has 10 heteroatoms. The number of pyridine rings is 2. The molecule has 2 N–H and O–H groups in total. The summed E-state index contributed by atoms with van der Waals surface area (Å²) in [6.45, 7) is 4.82. The number of alkyl halides is 2. The molecule has 0 saturated carbocycles. The summed E-state index contributed by atoms with van der Waals surface area (Å²) in [7, 11) is 0. The number of carbonyl (C=O) groups is 2. The third-order valence-electron chi connectivity index (χ3n) is 5.23. The Bertz CT molecular complexity index is 1000. The van der Waals surface area contributed by atoms with Crippen LogP contribution < -0.4 is 10.1 Å². The number of nitrogens with one attached hydrogen (secondary N) is 1. The van der Waals surface area contributed by atoms with Crippen LogP contribution in [0.15, 0.2) is 24.5 Å². The summed E-state index contributed by atoms with van der Waals surface area (Å²) >= 11 is 0. The minimum Gasteiger partial charge on any atom is -0.471 e. The molecule has 2 aromatic heterocycles. The van der Waals surface area contributed by atoms with Crippen LogP contribution in [0.4, 0.5) is 8.78 Å². The van der Waals surface area contributed by atoms with Gasteiger partial charge in [0, 0.05) is 42.2 Å². The quantitative estimate of drug-likeness (QED) is 0.609. The highest BCUT2D eigenvalue weighted by atomic mass is 19.3. The Balaban J connectivity index is 1.75. The number of rotatable bonds is 9. The third kappa shape index (κ3) is 5.37. The largest absolute Gasteiger partial charge is 0.471 e. The van der Waals surface area contributed by atoms with Crippen LogP contribution in [0.2, 0.25) is 0 Å². The van der Waals surface area contributed by atoms with Gasteiger partial charge in [0.15, 0.2) is 6.61 Å². The van der Waals surface area contributed by atoms with Crippen molar-refractivity contribution in [2.24, 2.45) is 0 Å². The summed E-state index contributed by atoms with van der Waals surface area (Å²) in [6, 6.07) is 3.05. The normalized spacial score (nSPS) is 15.0. The minimum atomic E-state index is -2.59. The molecule has 0 saturated heterocycles. The van der Waals surface area contributed by atoms with E-state index in [1.165, 1.54) is 12.4 Å². The molecule has 172 valence electrons. The molecule has 0 radical (unpaired) electrons.